The van der Waals surface area contributed by atoms with E-state index in [0.29, 0.717) is 5.75 Å². The summed E-state index contributed by atoms with van der Waals surface area (Å²) in [5.41, 5.74) is 1.02. The highest BCUT2D eigenvalue weighted by Gasteiger charge is 2.32. The van der Waals surface area contributed by atoms with Crippen molar-refractivity contribution in [3.63, 3.8) is 0 Å². The van der Waals surface area contributed by atoms with E-state index >= 15 is 0 Å². The van der Waals surface area contributed by atoms with Crippen LogP contribution in [0, 0.1) is 6.92 Å². The van der Waals surface area contributed by atoms with Crippen LogP contribution < -0.4 is 4.74 Å². The lowest BCUT2D eigenvalue weighted by Crippen LogP contribution is -2.12. The molecule has 0 spiro atoms. The molecule has 6 nitrogen and oxygen atoms in total. The third-order valence-electron chi connectivity index (χ3n) is 2.48. The number of carboxylic acids is 1. The van der Waals surface area contributed by atoms with Gasteiger partial charge in [-0.1, -0.05) is 12.1 Å². The molecule has 0 bridgehead atoms. The summed E-state index contributed by atoms with van der Waals surface area (Å²) in [5, 5.41) is 8.89. The first-order chi connectivity index (χ1) is 8.90. The van der Waals surface area contributed by atoms with E-state index in [9.17, 15) is 13.2 Å². The molecular formula is C12H11NO5S. The number of aryl methyl sites for hydroxylation is 1. The van der Waals surface area contributed by atoms with Crippen LogP contribution in [0.1, 0.15) is 5.56 Å². The monoisotopic (exact) mass is 281 g/mol. The molecule has 1 aromatic rings. The lowest BCUT2D eigenvalue weighted by atomic mass is 10.2. The Morgan fingerprint density at radius 3 is 2.79 bits per heavy atom. The predicted molar refractivity (Wildman–Crippen MR) is 68.7 cm³/mol. The zero-order chi connectivity index (χ0) is 14.0. The Hall–Kier alpha value is -2.15. The Labute approximate surface area is 110 Å². The zero-order valence-electron chi connectivity index (χ0n) is 10.0. The highest BCUT2D eigenvalue weighted by atomic mass is 32.2. The summed E-state index contributed by atoms with van der Waals surface area (Å²) in [6.45, 7) is 1.73. The van der Waals surface area contributed by atoms with Crippen molar-refractivity contribution in [2.75, 3.05) is 6.61 Å². The van der Waals surface area contributed by atoms with Crippen LogP contribution in [0.25, 0.3) is 0 Å². The Bertz CT molecular complexity index is 688. The number of hydrogen-bond acceptors (Lipinski definition) is 4. The van der Waals surface area contributed by atoms with Gasteiger partial charge in [0, 0.05) is 11.8 Å². The second-order valence-corrected chi connectivity index (χ2v) is 5.54. The molecule has 0 radical (unpaired) electrons. The van der Waals surface area contributed by atoms with Crippen LogP contribution in [0.2, 0.25) is 0 Å². The van der Waals surface area contributed by atoms with Crippen molar-refractivity contribution in [1.29, 1.82) is 0 Å². The van der Waals surface area contributed by atoms with E-state index in [1.807, 2.05) is 13.0 Å². The van der Waals surface area contributed by atoms with Crippen LogP contribution in [0.4, 0.5) is 0 Å². The van der Waals surface area contributed by atoms with Gasteiger partial charge in [0.15, 0.2) is 4.91 Å². The zero-order valence-corrected chi connectivity index (χ0v) is 10.8. The molecule has 2 rings (SSSR count). The van der Waals surface area contributed by atoms with E-state index in [2.05, 4.69) is 4.40 Å². The molecule has 1 aliphatic rings. The number of carboxylic acid groups (broad SMARTS) is 1. The van der Waals surface area contributed by atoms with Gasteiger partial charge in [0.05, 0.1) is 0 Å². The summed E-state index contributed by atoms with van der Waals surface area (Å²) < 4.78 is 31.3. The number of carbonyl (C=O) groups is 1. The topological polar surface area (TPSA) is 93.0 Å². The molecule has 0 aliphatic carbocycles. The van der Waals surface area contributed by atoms with Gasteiger partial charge in [-0.05, 0) is 24.6 Å². The quantitative estimate of drug-likeness (QED) is 0.892. The minimum Gasteiger partial charge on any atom is -0.489 e. The van der Waals surface area contributed by atoms with Crippen molar-refractivity contribution in [1.82, 2.24) is 0 Å². The third-order valence-corrected chi connectivity index (χ3v) is 3.81. The summed E-state index contributed by atoms with van der Waals surface area (Å²) in [4.78, 5) is 10.2. The van der Waals surface area contributed by atoms with Gasteiger partial charge in [0.2, 0.25) is 0 Å². The first-order valence-electron chi connectivity index (χ1n) is 5.36. The van der Waals surface area contributed by atoms with E-state index in [-0.39, 0.29) is 12.2 Å². The summed E-state index contributed by atoms with van der Waals surface area (Å²) in [6.07, 6.45) is 1.01. The van der Waals surface area contributed by atoms with E-state index in [1.165, 1.54) is 0 Å². The largest absolute Gasteiger partial charge is 0.489 e. The molecule has 0 fully saturated rings. The molecule has 1 N–H and O–H groups in total. The van der Waals surface area contributed by atoms with Crippen LogP contribution in [-0.2, 0) is 14.8 Å². The SMILES string of the molecule is Cc1cccc(OCC2=C(C(=O)O)S(=O)(=O)N=C2)c1. The van der Waals surface area contributed by atoms with E-state index < -0.39 is 20.9 Å². The van der Waals surface area contributed by atoms with Gasteiger partial charge >= 0.3 is 5.97 Å². The average Bonchev–Trinajstić information content (AvgIpc) is 2.62. The molecule has 0 aromatic heterocycles. The van der Waals surface area contributed by atoms with Gasteiger partial charge in [0.1, 0.15) is 12.4 Å². The molecule has 1 aromatic carbocycles. The fourth-order valence-corrected chi connectivity index (χ4v) is 2.66. The molecule has 1 aliphatic heterocycles. The lowest BCUT2D eigenvalue weighted by Gasteiger charge is -2.06. The Morgan fingerprint density at radius 1 is 1.42 bits per heavy atom. The molecule has 100 valence electrons. The predicted octanol–water partition coefficient (Wildman–Crippen LogP) is 1.13. The van der Waals surface area contributed by atoms with Gasteiger partial charge in [-0.2, -0.15) is 12.8 Å². The number of rotatable bonds is 4. The second-order valence-electron chi connectivity index (χ2n) is 3.97. The molecular weight excluding hydrogens is 270 g/mol. The Balaban J connectivity index is 2.22. The molecule has 0 unspecified atom stereocenters. The highest BCUT2D eigenvalue weighted by molar-refractivity contribution is 7.95. The lowest BCUT2D eigenvalue weighted by molar-refractivity contribution is -0.131. The van der Waals surface area contributed by atoms with Crippen LogP contribution in [0.5, 0.6) is 5.75 Å². The maximum atomic E-state index is 11.4. The van der Waals surface area contributed by atoms with Gasteiger partial charge < -0.3 is 9.84 Å². The number of sulfonamides is 1. The van der Waals surface area contributed by atoms with Gasteiger partial charge in [0.25, 0.3) is 10.0 Å². The van der Waals surface area contributed by atoms with E-state index in [0.717, 1.165) is 11.8 Å². The standard InChI is InChI=1S/C12H11NO5S/c1-8-3-2-4-10(5-8)18-7-9-6-13-19(16,17)11(9)12(14)15/h2-6H,7H2,1H3,(H,14,15). The minimum absolute atomic E-state index is 0.0361. The maximum Gasteiger partial charge on any atom is 0.349 e. The summed E-state index contributed by atoms with van der Waals surface area (Å²) >= 11 is 0. The summed E-state index contributed by atoms with van der Waals surface area (Å²) in [5.74, 6) is -0.990. The molecule has 0 amide bonds. The molecule has 0 saturated heterocycles. The van der Waals surface area contributed by atoms with Crippen molar-refractivity contribution in [3.05, 3.63) is 40.3 Å². The van der Waals surface area contributed by atoms with Crippen molar-refractivity contribution in [3.8, 4) is 5.75 Å². The first-order valence-corrected chi connectivity index (χ1v) is 6.80. The van der Waals surface area contributed by atoms with Crippen molar-refractivity contribution >= 4 is 22.2 Å². The van der Waals surface area contributed by atoms with Crippen LogP contribution in [0.3, 0.4) is 0 Å². The number of hydrogen-bond donors (Lipinski definition) is 1. The molecule has 1 heterocycles. The van der Waals surface area contributed by atoms with E-state index in [1.54, 1.807) is 18.2 Å². The van der Waals surface area contributed by atoms with Crippen LogP contribution in [-0.4, -0.2) is 32.3 Å². The first kappa shape index (κ1) is 13.3. The maximum absolute atomic E-state index is 11.4. The number of ether oxygens (including phenoxy) is 1. The minimum atomic E-state index is -4.08. The smallest absolute Gasteiger partial charge is 0.349 e. The number of nitrogens with zero attached hydrogens (tertiary/aromatic N) is 1. The molecule has 0 saturated carbocycles. The Morgan fingerprint density at radius 2 is 2.16 bits per heavy atom. The van der Waals surface area contributed by atoms with Crippen molar-refractivity contribution < 1.29 is 23.1 Å². The highest BCUT2D eigenvalue weighted by Crippen LogP contribution is 2.21. The van der Waals surface area contributed by atoms with Gasteiger partial charge in [-0.3, -0.25) is 0 Å². The van der Waals surface area contributed by atoms with Crippen molar-refractivity contribution in [2.45, 2.75) is 6.92 Å². The molecule has 0 atom stereocenters. The average molecular weight is 281 g/mol. The Kier molecular flexibility index (Phi) is 3.39. The normalized spacial score (nSPS) is 16.7. The van der Waals surface area contributed by atoms with Gasteiger partial charge in [-0.15, -0.1) is 0 Å². The second kappa shape index (κ2) is 4.85. The fraction of sp³-hybridized carbons (Fsp3) is 0.167. The van der Waals surface area contributed by atoms with Gasteiger partial charge in [-0.25, -0.2) is 4.79 Å². The summed E-state index contributed by atoms with van der Waals surface area (Å²) in [7, 11) is -4.08. The molecule has 19 heavy (non-hydrogen) atoms. The van der Waals surface area contributed by atoms with Crippen LogP contribution >= 0.6 is 0 Å². The van der Waals surface area contributed by atoms with Crippen LogP contribution in [0.15, 0.2) is 39.1 Å². The third kappa shape index (κ3) is 2.82. The summed E-state index contributed by atoms with van der Waals surface area (Å²) in [6, 6.07) is 7.14. The number of benzene rings is 1. The molecule has 7 heteroatoms. The van der Waals surface area contributed by atoms with Crippen molar-refractivity contribution in [2.24, 2.45) is 4.40 Å². The van der Waals surface area contributed by atoms with E-state index in [4.69, 9.17) is 9.84 Å². The number of aliphatic carboxylic acids is 1. The fourth-order valence-electron chi connectivity index (χ4n) is 1.63.